The van der Waals surface area contributed by atoms with E-state index in [1.165, 1.54) is 41.0 Å². The molecular weight excluding hydrogens is 252 g/mol. The smallest absolute Gasteiger partial charge is 0.0828 e. The highest BCUT2D eigenvalue weighted by Crippen LogP contribution is 2.44. The molecule has 1 aliphatic rings. The van der Waals surface area contributed by atoms with Crippen molar-refractivity contribution in [1.82, 2.24) is 0 Å². The molecule has 0 aromatic carbocycles. The Morgan fingerprint density at radius 3 is 2.16 bits per heavy atom. The molecule has 1 heterocycles. The first-order valence-electron chi connectivity index (χ1n) is 7.54. The standard InChI is InChI=1S/C17H28OS/c1-11-10-15(12(2)19-11)16(18)13-6-8-14(9-7-13)17(3,4)5/h10,13-14,16,18H,6-9H2,1-5H3. The van der Waals surface area contributed by atoms with Gasteiger partial charge in [-0.2, -0.15) is 0 Å². The molecular formula is C17H28OS. The van der Waals surface area contributed by atoms with E-state index in [9.17, 15) is 5.11 Å². The number of aryl methyl sites for hydroxylation is 2. The minimum Gasteiger partial charge on any atom is -0.388 e. The lowest BCUT2D eigenvalue weighted by Crippen LogP contribution is -2.28. The normalized spacial score (nSPS) is 26.4. The van der Waals surface area contributed by atoms with Gasteiger partial charge in [0.2, 0.25) is 0 Å². The first-order valence-corrected chi connectivity index (χ1v) is 8.35. The van der Waals surface area contributed by atoms with Crippen molar-refractivity contribution in [2.75, 3.05) is 0 Å². The number of aliphatic hydroxyl groups excluding tert-OH is 1. The fourth-order valence-corrected chi connectivity index (χ4v) is 4.47. The predicted octanol–water partition coefficient (Wildman–Crippen LogP) is 5.25. The highest BCUT2D eigenvalue weighted by Gasteiger charge is 2.33. The third-order valence-corrected chi connectivity index (χ3v) is 5.82. The third-order valence-electron chi connectivity index (χ3n) is 4.84. The molecule has 108 valence electrons. The van der Waals surface area contributed by atoms with Gasteiger partial charge in [0.15, 0.2) is 0 Å². The van der Waals surface area contributed by atoms with E-state index >= 15 is 0 Å². The zero-order valence-electron chi connectivity index (χ0n) is 13.0. The first-order chi connectivity index (χ1) is 8.79. The molecule has 2 rings (SSSR count). The number of thiophene rings is 1. The van der Waals surface area contributed by atoms with Crippen molar-refractivity contribution in [2.45, 2.75) is 66.4 Å². The number of aliphatic hydroxyl groups is 1. The molecule has 0 saturated heterocycles. The van der Waals surface area contributed by atoms with Crippen molar-refractivity contribution in [3.05, 3.63) is 21.4 Å². The van der Waals surface area contributed by atoms with Gasteiger partial charge in [-0.05, 0) is 68.4 Å². The molecule has 1 fully saturated rings. The second-order valence-electron chi connectivity index (χ2n) is 7.29. The number of rotatable bonds is 2. The molecule has 1 aromatic heterocycles. The highest BCUT2D eigenvalue weighted by molar-refractivity contribution is 7.12. The second kappa shape index (κ2) is 5.57. The summed E-state index contributed by atoms with van der Waals surface area (Å²) in [5.74, 6) is 1.28. The molecule has 0 radical (unpaired) electrons. The SMILES string of the molecule is Cc1cc(C(O)C2CCC(C(C)(C)C)CC2)c(C)s1. The average molecular weight is 280 g/mol. The minimum atomic E-state index is -0.245. The van der Waals surface area contributed by atoms with Gasteiger partial charge in [0.05, 0.1) is 6.10 Å². The Balaban J connectivity index is 2.00. The molecule has 19 heavy (non-hydrogen) atoms. The number of hydrogen-bond acceptors (Lipinski definition) is 2. The van der Waals surface area contributed by atoms with Gasteiger partial charge in [0, 0.05) is 9.75 Å². The Labute approximate surface area is 122 Å². The molecule has 1 aliphatic carbocycles. The van der Waals surface area contributed by atoms with E-state index < -0.39 is 0 Å². The molecule has 1 saturated carbocycles. The summed E-state index contributed by atoms with van der Waals surface area (Å²) in [6.07, 6.45) is 4.65. The fourth-order valence-electron chi connectivity index (χ4n) is 3.50. The van der Waals surface area contributed by atoms with E-state index in [0.717, 1.165) is 5.92 Å². The summed E-state index contributed by atoms with van der Waals surface area (Å²) in [7, 11) is 0. The fraction of sp³-hybridized carbons (Fsp3) is 0.765. The van der Waals surface area contributed by atoms with Gasteiger partial charge in [-0.15, -0.1) is 11.3 Å². The quantitative estimate of drug-likeness (QED) is 0.784. The third kappa shape index (κ3) is 3.41. The van der Waals surface area contributed by atoms with Gasteiger partial charge in [-0.25, -0.2) is 0 Å². The Kier molecular flexibility index (Phi) is 4.42. The largest absolute Gasteiger partial charge is 0.388 e. The summed E-state index contributed by atoms with van der Waals surface area (Å²) < 4.78 is 0. The topological polar surface area (TPSA) is 20.2 Å². The maximum absolute atomic E-state index is 10.6. The summed E-state index contributed by atoms with van der Waals surface area (Å²) >= 11 is 1.81. The van der Waals surface area contributed by atoms with Crippen LogP contribution in [0.25, 0.3) is 0 Å². The van der Waals surface area contributed by atoms with Gasteiger partial charge in [0.1, 0.15) is 0 Å². The van der Waals surface area contributed by atoms with Crippen LogP contribution < -0.4 is 0 Å². The van der Waals surface area contributed by atoms with Crippen LogP contribution in [0.2, 0.25) is 0 Å². The molecule has 2 heteroatoms. The zero-order valence-corrected chi connectivity index (χ0v) is 13.8. The monoisotopic (exact) mass is 280 g/mol. The molecule has 0 spiro atoms. The molecule has 0 amide bonds. The van der Waals surface area contributed by atoms with Crippen LogP contribution in [-0.2, 0) is 0 Å². The van der Waals surface area contributed by atoms with Crippen molar-refractivity contribution in [3.63, 3.8) is 0 Å². The average Bonchev–Trinajstić information content (AvgIpc) is 2.66. The van der Waals surface area contributed by atoms with Crippen molar-refractivity contribution >= 4 is 11.3 Å². The van der Waals surface area contributed by atoms with Gasteiger partial charge in [-0.3, -0.25) is 0 Å². The maximum Gasteiger partial charge on any atom is 0.0828 e. The van der Waals surface area contributed by atoms with Crippen molar-refractivity contribution in [1.29, 1.82) is 0 Å². The van der Waals surface area contributed by atoms with Crippen LogP contribution in [0, 0.1) is 31.1 Å². The molecule has 1 nitrogen and oxygen atoms in total. The second-order valence-corrected chi connectivity index (χ2v) is 8.75. The highest BCUT2D eigenvalue weighted by atomic mass is 32.1. The van der Waals surface area contributed by atoms with Crippen LogP contribution in [0.4, 0.5) is 0 Å². The van der Waals surface area contributed by atoms with Gasteiger partial charge in [0.25, 0.3) is 0 Å². The van der Waals surface area contributed by atoms with E-state index in [-0.39, 0.29) is 6.10 Å². The lowest BCUT2D eigenvalue weighted by Gasteiger charge is -2.38. The van der Waals surface area contributed by atoms with E-state index in [1.807, 2.05) is 0 Å². The van der Waals surface area contributed by atoms with Crippen LogP contribution in [0.3, 0.4) is 0 Å². The Bertz CT molecular complexity index is 419. The van der Waals surface area contributed by atoms with E-state index in [4.69, 9.17) is 0 Å². The van der Waals surface area contributed by atoms with E-state index in [1.54, 1.807) is 11.3 Å². The van der Waals surface area contributed by atoms with Gasteiger partial charge < -0.3 is 5.11 Å². The summed E-state index contributed by atoms with van der Waals surface area (Å²) in [5, 5.41) is 10.6. The van der Waals surface area contributed by atoms with Crippen molar-refractivity contribution in [2.24, 2.45) is 17.3 Å². The van der Waals surface area contributed by atoms with Crippen LogP contribution in [0.15, 0.2) is 6.07 Å². The van der Waals surface area contributed by atoms with Crippen LogP contribution >= 0.6 is 11.3 Å². The molecule has 1 unspecified atom stereocenters. The Hall–Kier alpha value is -0.340. The lowest BCUT2D eigenvalue weighted by molar-refractivity contribution is 0.0527. The molecule has 0 bridgehead atoms. The Morgan fingerprint density at radius 1 is 1.16 bits per heavy atom. The maximum atomic E-state index is 10.6. The van der Waals surface area contributed by atoms with Gasteiger partial charge >= 0.3 is 0 Å². The van der Waals surface area contributed by atoms with Crippen LogP contribution in [0.1, 0.15) is 67.9 Å². The molecule has 1 N–H and O–H groups in total. The molecule has 1 atom stereocenters. The van der Waals surface area contributed by atoms with Crippen molar-refractivity contribution < 1.29 is 5.11 Å². The summed E-state index contributed by atoms with van der Waals surface area (Å²) in [4.78, 5) is 2.61. The van der Waals surface area contributed by atoms with Crippen molar-refractivity contribution in [3.8, 4) is 0 Å². The summed E-state index contributed by atoms with van der Waals surface area (Å²) in [6.45, 7) is 11.3. The van der Waals surface area contributed by atoms with Gasteiger partial charge in [-0.1, -0.05) is 20.8 Å². The zero-order chi connectivity index (χ0) is 14.2. The predicted molar refractivity (Wildman–Crippen MR) is 83.7 cm³/mol. The van der Waals surface area contributed by atoms with E-state index in [0.29, 0.717) is 11.3 Å². The van der Waals surface area contributed by atoms with E-state index in [2.05, 4.69) is 40.7 Å². The summed E-state index contributed by atoms with van der Waals surface area (Å²) in [5.41, 5.74) is 1.60. The first kappa shape index (κ1) is 15.1. The van der Waals surface area contributed by atoms with Crippen LogP contribution in [0.5, 0.6) is 0 Å². The lowest BCUT2D eigenvalue weighted by atomic mass is 9.68. The molecule has 1 aromatic rings. The van der Waals surface area contributed by atoms with Crippen LogP contribution in [-0.4, -0.2) is 5.11 Å². The molecule has 0 aliphatic heterocycles. The summed E-state index contributed by atoms with van der Waals surface area (Å²) in [6, 6.07) is 2.18. The Morgan fingerprint density at radius 2 is 1.74 bits per heavy atom. The number of hydrogen-bond donors (Lipinski definition) is 1. The minimum absolute atomic E-state index is 0.245.